The average Bonchev–Trinajstić information content (AvgIpc) is 3.13. The van der Waals surface area contributed by atoms with Gasteiger partial charge >= 0.3 is 0 Å². The molecule has 1 aliphatic heterocycles. The minimum absolute atomic E-state index is 0.0198. The molecule has 0 amide bonds. The predicted octanol–water partition coefficient (Wildman–Crippen LogP) is 2.39. The van der Waals surface area contributed by atoms with Gasteiger partial charge < -0.3 is 9.63 Å². The zero-order chi connectivity index (χ0) is 15.1. The third kappa shape index (κ3) is 2.76. The lowest BCUT2D eigenvalue weighted by molar-refractivity contribution is 0.170. The number of hydrogen-bond donors (Lipinski definition) is 1. The van der Waals surface area contributed by atoms with E-state index in [1.165, 1.54) is 12.1 Å². The molecule has 0 unspecified atom stereocenters. The standard InChI is InChI=1S/C16H18FN3O2/c17-12-3-1-2-11(6-12)14-7-13(21)8-20(14)9-15-18-16(22-19-15)10-4-5-10/h1-3,6,10,13-14,21H,4-5,7-9H2/t13-,14+/m0/s1. The minimum atomic E-state index is -0.414. The van der Waals surface area contributed by atoms with Crippen LogP contribution in [0.3, 0.4) is 0 Å². The summed E-state index contributed by atoms with van der Waals surface area (Å²) in [4.78, 5) is 6.52. The summed E-state index contributed by atoms with van der Waals surface area (Å²) in [5.74, 6) is 1.54. The molecule has 2 aromatic rings. The molecule has 2 atom stereocenters. The summed E-state index contributed by atoms with van der Waals surface area (Å²) in [7, 11) is 0. The minimum Gasteiger partial charge on any atom is -0.392 e. The summed E-state index contributed by atoms with van der Waals surface area (Å²) < 4.78 is 18.7. The monoisotopic (exact) mass is 303 g/mol. The normalized spacial score (nSPS) is 25.7. The van der Waals surface area contributed by atoms with Crippen LogP contribution in [0.1, 0.15) is 48.5 Å². The Hall–Kier alpha value is -1.79. The third-order valence-electron chi connectivity index (χ3n) is 4.37. The summed E-state index contributed by atoms with van der Waals surface area (Å²) in [6.45, 7) is 1.04. The number of aliphatic hydroxyl groups is 1. The van der Waals surface area contributed by atoms with E-state index in [0.717, 1.165) is 24.3 Å². The van der Waals surface area contributed by atoms with Gasteiger partial charge in [0.2, 0.25) is 5.89 Å². The van der Waals surface area contributed by atoms with Gasteiger partial charge in [-0.15, -0.1) is 0 Å². The first-order valence-electron chi connectivity index (χ1n) is 7.69. The first-order valence-corrected chi connectivity index (χ1v) is 7.69. The number of β-amino-alcohol motifs (C(OH)–C–C–N with tert-alkyl or cyclic N) is 1. The number of benzene rings is 1. The Morgan fingerprint density at radius 2 is 2.23 bits per heavy atom. The Bertz CT molecular complexity index is 671. The van der Waals surface area contributed by atoms with E-state index in [9.17, 15) is 9.50 Å². The van der Waals surface area contributed by atoms with Gasteiger partial charge in [-0.3, -0.25) is 4.90 Å². The van der Waals surface area contributed by atoms with Gasteiger partial charge in [-0.2, -0.15) is 4.98 Å². The van der Waals surface area contributed by atoms with Crippen molar-refractivity contribution in [1.29, 1.82) is 0 Å². The molecule has 1 aromatic carbocycles. The molecule has 1 N–H and O–H groups in total. The van der Waals surface area contributed by atoms with E-state index < -0.39 is 6.10 Å². The van der Waals surface area contributed by atoms with Crippen LogP contribution in [0.2, 0.25) is 0 Å². The largest absolute Gasteiger partial charge is 0.392 e. The Labute approximate surface area is 127 Å². The van der Waals surface area contributed by atoms with Crippen LogP contribution in [0.5, 0.6) is 0 Å². The molecule has 2 fully saturated rings. The smallest absolute Gasteiger partial charge is 0.229 e. The van der Waals surface area contributed by atoms with E-state index >= 15 is 0 Å². The van der Waals surface area contributed by atoms with Gasteiger partial charge in [-0.1, -0.05) is 17.3 Å². The van der Waals surface area contributed by atoms with E-state index in [0.29, 0.717) is 31.3 Å². The van der Waals surface area contributed by atoms with Crippen molar-refractivity contribution in [2.45, 2.75) is 43.9 Å². The number of aromatic nitrogens is 2. The molecule has 5 nitrogen and oxygen atoms in total. The van der Waals surface area contributed by atoms with Gasteiger partial charge in [-0.05, 0) is 37.0 Å². The van der Waals surface area contributed by atoms with Gasteiger partial charge in [0.05, 0.1) is 12.6 Å². The number of hydrogen-bond acceptors (Lipinski definition) is 5. The molecule has 1 aromatic heterocycles. The molecule has 1 saturated heterocycles. The molecule has 2 heterocycles. The molecule has 1 saturated carbocycles. The van der Waals surface area contributed by atoms with Crippen molar-refractivity contribution in [3.05, 3.63) is 47.4 Å². The zero-order valence-electron chi connectivity index (χ0n) is 12.2. The van der Waals surface area contributed by atoms with Crippen LogP contribution in [-0.2, 0) is 6.54 Å². The summed E-state index contributed by atoms with van der Waals surface area (Å²) in [5, 5.41) is 14.0. The molecule has 116 valence electrons. The SMILES string of the molecule is O[C@H]1C[C@H](c2cccc(F)c2)N(Cc2noc(C3CC3)n2)C1. The van der Waals surface area contributed by atoms with Crippen molar-refractivity contribution < 1.29 is 14.0 Å². The molecule has 1 aliphatic carbocycles. The highest BCUT2D eigenvalue weighted by Crippen LogP contribution is 2.39. The van der Waals surface area contributed by atoms with Crippen LogP contribution >= 0.6 is 0 Å². The van der Waals surface area contributed by atoms with Crippen LogP contribution < -0.4 is 0 Å². The zero-order valence-corrected chi connectivity index (χ0v) is 12.2. The fourth-order valence-electron chi connectivity index (χ4n) is 3.12. The number of rotatable bonds is 4. The highest BCUT2D eigenvalue weighted by Gasteiger charge is 2.34. The molecule has 22 heavy (non-hydrogen) atoms. The third-order valence-corrected chi connectivity index (χ3v) is 4.37. The molecular formula is C16H18FN3O2. The molecule has 0 spiro atoms. The highest BCUT2D eigenvalue weighted by molar-refractivity contribution is 5.22. The molecule has 0 bridgehead atoms. The second-order valence-corrected chi connectivity index (χ2v) is 6.21. The van der Waals surface area contributed by atoms with Crippen molar-refractivity contribution >= 4 is 0 Å². The summed E-state index contributed by atoms with van der Waals surface area (Å²) in [6.07, 6.45) is 2.42. The van der Waals surface area contributed by atoms with E-state index in [2.05, 4.69) is 15.0 Å². The van der Waals surface area contributed by atoms with Crippen molar-refractivity contribution in [2.24, 2.45) is 0 Å². The highest BCUT2D eigenvalue weighted by atomic mass is 19.1. The van der Waals surface area contributed by atoms with Gasteiger partial charge in [0.25, 0.3) is 0 Å². The lowest BCUT2D eigenvalue weighted by Crippen LogP contribution is -2.25. The molecule has 2 aliphatic rings. The maximum Gasteiger partial charge on any atom is 0.229 e. The average molecular weight is 303 g/mol. The summed E-state index contributed by atoms with van der Waals surface area (Å²) in [6, 6.07) is 6.54. The van der Waals surface area contributed by atoms with Crippen LogP contribution in [0.4, 0.5) is 4.39 Å². The van der Waals surface area contributed by atoms with E-state index in [4.69, 9.17) is 4.52 Å². The first-order chi connectivity index (χ1) is 10.7. The van der Waals surface area contributed by atoms with Crippen LogP contribution in [-0.4, -0.2) is 32.8 Å². The number of aliphatic hydroxyl groups excluding tert-OH is 1. The van der Waals surface area contributed by atoms with Crippen LogP contribution in [0.25, 0.3) is 0 Å². The fourth-order valence-corrected chi connectivity index (χ4v) is 3.12. The van der Waals surface area contributed by atoms with Crippen LogP contribution in [0, 0.1) is 5.82 Å². The van der Waals surface area contributed by atoms with Gasteiger partial charge in [-0.25, -0.2) is 4.39 Å². The van der Waals surface area contributed by atoms with Crippen molar-refractivity contribution in [3.63, 3.8) is 0 Å². The topological polar surface area (TPSA) is 62.4 Å². The molecule has 6 heteroatoms. The Kier molecular flexibility index (Phi) is 3.43. The van der Waals surface area contributed by atoms with Crippen molar-refractivity contribution in [3.8, 4) is 0 Å². The Morgan fingerprint density at radius 1 is 1.36 bits per heavy atom. The number of likely N-dealkylation sites (tertiary alicyclic amines) is 1. The van der Waals surface area contributed by atoms with E-state index in [1.807, 2.05) is 6.07 Å². The second kappa shape index (κ2) is 5.44. The quantitative estimate of drug-likeness (QED) is 0.939. The Morgan fingerprint density at radius 3 is 3.00 bits per heavy atom. The Balaban J connectivity index is 1.53. The number of halogens is 1. The molecule has 0 radical (unpaired) electrons. The first kappa shape index (κ1) is 13.8. The van der Waals surface area contributed by atoms with Gasteiger partial charge in [0.15, 0.2) is 5.82 Å². The van der Waals surface area contributed by atoms with Gasteiger partial charge in [0.1, 0.15) is 5.82 Å². The van der Waals surface area contributed by atoms with E-state index in [-0.39, 0.29) is 11.9 Å². The van der Waals surface area contributed by atoms with Gasteiger partial charge in [0, 0.05) is 18.5 Å². The molecule has 4 rings (SSSR count). The lowest BCUT2D eigenvalue weighted by atomic mass is 10.0. The number of nitrogens with zero attached hydrogens (tertiary/aromatic N) is 3. The van der Waals surface area contributed by atoms with Crippen LogP contribution in [0.15, 0.2) is 28.8 Å². The van der Waals surface area contributed by atoms with E-state index in [1.54, 1.807) is 6.07 Å². The lowest BCUT2D eigenvalue weighted by Gasteiger charge is -2.22. The second-order valence-electron chi connectivity index (χ2n) is 6.21. The summed E-state index contributed by atoms with van der Waals surface area (Å²) >= 11 is 0. The summed E-state index contributed by atoms with van der Waals surface area (Å²) in [5.41, 5.74) is 0.877. The fraction of sp³-hybridized carbons (Fsp3) is 0.500. The molecular weight excluding hydrogens is 285 g/mol. The maximum absolute atomic E-state index is 13.5. The maximum atomic E-state index is 13.5. The predicted molar refractivity (Wildman–Crippen MR) is 76.4 cm³/mol. The van der Waals surface area contributed by atoms with Crippen molar-refractivity contribution in [1.82, 2.24) is 15.0 Å². The van der Waals surface area contributed by atoms with Crippen molar-refractivity contribution in [2.75, 3.05) is 6.54 Å².